The molecule has 5 heteroatoms. The number of hydrogen-bond donors (Lipinski definition) is 1. The summed E-state index contributed by atoms with van der Waals surface area (Å²) in [5.74, 6) is -1.37. The van der Waals surface area contributed by atoms with Gasteiger partial charge in [-0.25, -0.2) is 0 Å². The van der Waals surface area contributed by atoms with E-state index in [9.17, 15) is 14.4 Å². The second-order valence-corrected chi connectivity index (χ2v) is 6.28. The van der Waals surface area contributed by atoms with Gasteiger partial charge < -0.3 is 5.32 Å². The second kappa shape index (κ2) is 5.99. The van der Waals surface area contributed by atoms with Gasteiger partial charge in [0, 0.05) is 5.69 Å². The van der Waals surface area contributed by atoms with Gasteiger partial charge in [0.25, 0.3) is 0 Å². The number of amides is 3. The lowest BCUT2D eigenvalue weighted by Gasteiger charge is -2.15. The average Bonchev–Trinajstić information content (AvgIpc) is 2.76. The molecule has 1 fully saturated rings. The third-order valence-electron chi connectivity index (χ3n) is 4.56. The highest BCUT2D eigenvalue weighted by atomic mass is 16.2. The van der Waals surface area contributed by atoms with Crippen molar-refractivity contribution >= 4 is 23.4 Å². The van der Waals surface area contributed by atoms with Crippen molar-refractivity contribution in [3.05, 3.63) is 41.5 Å². The Morgan fingerprint density at radius 2 is 1.74 bits per heavy atom. The maximum Gasteiger partial charge on any atom is 0.244 e. The molecule has 23 heavy (non-hydrogen) atoms. The number of anilines is 1. The van der Waals surface area contributed by atoms with Gasteiger partial charge in [-0.15, -0.1) is 0 Å². The Bertz CT molecular complexity index is 682. The van der Waals surface area contributed by atoms with Gasteiger partial charge >= 0.3 is 0 Å². The van der Waals surface area contributed by atoms with Crippen LogP contribution in [0.25, 0.3) is 0 Å². The van der Waals surface area contributed by atoms with Gasteiger partial charge in [0.15, 0.2) is 0 Å². The molecule has 1 aromatic carbocycles. The molecule has 1 N–H and O–H groups in total. The molecule has 1 heterocycles. The smallest absolute Gasteiger partial charge is 0.244 e. The van der Waals surface area contributed by atoms with E-state index in [0.717, 1.165) is 16.0 Å². The quantitative estimate of drug-likeness (QED) is 0.687. The van der Waals surface area contributed by atoms with E-state index >= 15 is 0 Å². The number of carbonyl (C=O) groups excluding carboxylic acids is 3. The maximum atomic E-state index is 12.3. The lowest BCUT2D eigenvalue weighted by atomic mass is 9.85. The summed E-state index contributed by atoms with van der Waals surface area (Å²) >= 11 is 0. The molecule has 1 aliphatic heterocycles. The van der Waals surface area contributed by atoms with Gasteiger partial charge in [-0.3, -0.25) is 19.3 Å². The number of benzene rings is 1. The minimum atomic E-state index is -0.342. The van der Waals surface area contributed by atoms with Crippen LogP contribution in [0, 0.1) is 25.7 Å². The topological polar surface area (TPSA) is 66.5 Å². The van der Waals surface area contributed by atoms with Crippen molar-refractivity contribution in [2.24, 2.45) is 11.8 Å². The van der Waals surface area contributed by atoms with Crippen LogP contribution in [0.4, 0.5) is 5.69 Å². The Kier molecular flexibility index (Phi) is 4.03. The van der Waals surface area contributed by atoms with Crippen LogP contribution >= 0.6 is 0 Å². The third-order valence-corrected chi connectivity index (χ3v) is 4.56. The fourth-order valence-electron chi connectivity index (χ4n) is 3.31. The first-order valence-corrected chi connectivity index (χ1v) is 7.84. The largest absolute Gasteiger partial charge is 0.324 e. The van der Waals surface area contributed by atoms with Crippen molar-refractivity contribution in [2.45, 2.75) is 26.7 Å². The molecule has 1 saturated heterocycles. The van der Waals surface area contributed by atoms with E-state index in [-0.39, 0.29) is 36.1 Å². The molecule has 3 rings (SSSR count). The van der Waals surface area contributed by atoms with Crippen molar-refractivity contribution in [3.8, 4) is 0 Å². The molecule has 0 radical (unpaired) electrons. The Balaban J connectivity index is 1.68. The number of allylic oxidation sites excluding steroid dienone is 2. The van der Waals surface area contributed by atoms with E-state index in [1.54, 1.807) is 0 Å². The molecule has 0 spiro atoms. The summed E-state index contributed by atoms with van der Waals surface area (Å²) in [7, 11) is 0. The highest BCUT2D eigenvalue weighted by Crippen LogP contribution is 2.34. The molecule has 3 amide bonds. The molecular formula is C18H20N2O3. The van der Waals surface area contributed by atoms with E-state index in [1.165, 1.54) is 0 Å². The van der Waals surface area contributed by atoms with E-state index < -0.39 is 0 Å². The zero-order chi connectivity index (χ0) is 16.6. The van der Waals surface area contributed by atoms with Gasteiger partial charge in [0.05, 0.1) is 11.8 Å². The predicted octanol–water partition coefficient (Wildman–Crippen LogP) is 2.19. The van der Waals surface area contributed by atoms with E-state index in [4.69, 9.17) is 0 Å². The fourth-order valence-corrected chi connectivity index (χ4v) is 3.31. The number of carbonyl (C=O) groups is 3. The summed E-state index contributed by atoms with van der Waals surface area (Å²) in [6, 6.07) is 5.72. The lowest BCUT2D eigenvalue weighted by Crippen LogP contribution is -2.38. The number of rotatable bonds is 3. The van der Waals surface area contributed by atoms with Gasteiger partial charge in [-0.1, -0.05) is 29.8 Å². The standard InChI is InChI=1S/C18H20N2O3/c1-11-7-8-15(12(2)9-11)19-16(21)10-20-17(22)13-5-3-4-6-14(13)18(20)23/h3-4,7-9,13-14H,5-6,10H2,1-2H3,(H,19,21)/t13-,14-/m0/s1. The minimum Gasteiger partial charge on any atom is -0.324 e. The van der Waals surface area contributed by atoms with Gasteiger partial charge in [0.2, 0.25) is 17.7 Å². The Labute approximate surface area is 135 Å². The summed E-state index contributed by atoms with van der Waals surface area (Å²) in [6.07, 6.45) is 5.05. The van der Waals surface area contributed by atoms with Crippen molar-refractivity contribution in [1.82, 2.24) is 4.90 Å². The molecule has 2 aliphatic rings. The first-order chi connectivity index (χ1) is 11.0. The monoisotopic (exact) mass is 312 g/mol. The highest BCUT2D eigenvalue weighted by molar-refractivity contribution is 6.08. The van der Waals surface area contributed by atoms with E-state index in [2.05, 4.69) is 5.32 Å². The average molecular weight is 312 g/mol. The predicted molar refractivity (Wildman–Crippen MR) is 86.6 cm³/mol. The molecule has 2 atom stereocenters. The fraction of sp³-hybridized carbons (Fsp3) is 0.389. The van der Waals surface area contributed by atoms with Gasteiger partial charge in [-0.2, -0.15) is 0 Å². The van der Waals surface area contributed by atoms with Gasteiger partial charge in [0.1, 0.15) is 6.54 Å². The zero-order valence-electron chi connectivity index (χ0n) is 13.3. The van der Waals surface area contributed by atoms with Crippen molar-refractivity contribution in [2.75, 3.05) is 11.9 Å². The summed E-state index contributed by atoms with van der Waals surface area (Å²) in [6.45, 7) is 3.68. The SMILES string of the molecule is Cc1ccc(NC(=O)CN2C(=O)[C@H]3CC=CC[C@@H]3C2=O)c(C)c1. The first-order valence-electron chi connectivity index (χ1n) is 7.84. The molecule has 5 nitrogen and oxygen atoms in total. The van der Waals surface area contributed by atoms with Crippen molar-refractivity contribution in [1.29, 1.82) is 0 Å². The molecule has 120 valence electrons. The Morgan fingerprint density at radius 3 is 2.30 bits per heavy atom. The second-order valence-electron chi connectivity index (χ2n) is 6.28. The summed E-state index contributed by atoms with van der Waals surface area (Å²) in [5, 5.41) is 2.79. The number of aryl methyl sites for hydroxylation is 2. The lowest BCUT2D eigenvalue weighted by molar-refractivity contribution is -0.142. The normalized spacial score (nSPS) is 23.1. The first kappa shape index (κ1) is 15.5. The van der Waals surface area contributed by atoms with Crippen LogP contribution in [0.1, 0.15) is 24.0 Å². The van der Waals surface area contributed by atoms with Crippen LogP contribution in [0.2, 0.25) is 0 Å². The summed E-state index contributed by atoms with van der Waals surface area (Å²) < 4.78 is 0. The van der Waals surface area contributed by atoms with Crippen LogP contribution < -0.4 is 5.32 Å². The van der Waals surface area contributed by atoms with Crippen LogP contribution in [-0.4, -0.2) is 29.2 Å². The molecule has 1 aliphatic carbocycles. The summed E-state index contributed by atoms with van der Waals surface area (Å²) in [4.78, 5) is 38.0. The molecule has 1 aromatic rings. The minimum absolute atomic E-state index is 0.210. The molecule has 0 bridgehead atoms. The van der Waals surface area contributed by atoms with Gasteiger partial charge in [-0.05, 0) is 38.3 Å². The number of fused-ring (bicyclic) bond motifs is 1. The molecule has 0 saturated carbocycles. The van der Waals surface area contributed by atoms with Crippen molar-refractivity contribution < 1.29 is 14.4 Å². The zero-order valence-corrected chi connectivity index (χ0v) is 13.3. The number of nitrogens with zero attached hydrogens (tertiary/aromatic N) is 1. The van der Waals surface area contributed by atoms with Crippen LogP contribution in [-0.2, 0) is 14.4 Å². The van der Waals surface area contributed by atoms with Crippen LogP contribution in [0.3, 0.4) is 0 Å². The summed E-state index contributed by atoms with van der Waals surface area (Å²) in [5.41, 5.74) is 2.77. The number of imide groups is 1. The van der Waals surface area contributed by atoms with E-state index in [1.807, 2.05) is 44.2 Å². The number of likely N-dealkylation sites (tertiary alicyclic amines) is 1. The third kappa shape index (κ3) is 2.91. The Morgan fingerprint density at radius 1 is 1.13 bits per heavy atom. The Hall–Kier alpha value is -2.43. The number of hydrogen-bond acceptors (Lipinski definition) is 3. The van der Waals surface area contributed by atoms with Crippen LogP contribution in [0.5, 0.6) is 0 Å². The molecule has 0 unspecified atom stereocenters. The highest BCUT2D eigenvalue weighted by Gasteiger charge is 2.47. The van der Waals surface area contributed by atoms with Crippen molar-refractivity contribution in [3.63, 3.8) is 0 Å². The van der Waals surface area contributed by atoms with E-state index in [0.29, 0.717) is 18.5 Å². The number of nitrogens with one attached hydrogen (secondary N) is 1. The van der Waals surface area contributed by atoms with Crippen LogP contribution in [0.15, 0.2) is 30.4 Å². The molecule has 0 aromatic heterocycles. The molecular weight excluding hydrogens is 292 g/mol. The maximum absolute atomic E-state index is 12.3.